The Morgan fingerprint density at radius 2 is 1.81 bits per heavy atom. The highest BCUT2D eigenvalue weighted by molar-refractivity contribution is 6.47. The van der Waals surface area contributed by atoms with E-state index in [1.54, 1.807) is 5.01 Å². The highest BCUT2D eigenvalue weighted by Crippen LogP contribution is 2.35. The summed E-state index contributed by atoms with van der Waals surface area (Å²) in [5.74, 6) is 1.03. The van der Waals surface area contributed by atoms with Crippen molar-refractivity contribution in [3.8, 4) is 6.07 Å². The van der Waals surface area contributed by atoms with Crippen LogP contribution in [0.3, 0.4) is 0 Å². The van der Waals surface area contributed by atoms with Crippen molar-refractivity contribution >= 4 is 39.8 Å². The zero-order valence-corrected chi connectivity index (χ0v) is 21.4. The smallest absolute Gasteiger partial charge is 0.275 e. The number of imidazole rings is 1. The SMILES string of the molecule is Cc1c(CCC(C)C)c(N=C2C(=O)N(c3ccccc3)N(C)C2C)n2c(nc3ccccc32)c1C#N. The summed E-state index contributed by atoms with van der Waals surface area (Å²) in [4.78, 5) is 23.6. The van der Waals surface area contributed by atoms with Crippen molar-refractivity contribution in [3.05, 3.63) is 71.3 Å². The molecule has 0 saturated carbocycles. The van der Waals surface area contributed by atoms with Crippen molar-refractivity contribution in [2.75, 3.05) is 12.1 Å². The van der Waals surface area contributed by atoms with Crippen molar-refractivity contribution in [3.63, 3.8) is 0 Å². The van der Waals surface area contributed by atoms with Crippen LogP contribution >= 0.6 is 0 Å². The number of hydrogen-bond donors (Lipinski definition) is 0. The molecule has 2 aromatic carbocycles. The molecule has 1 amide bonds. The van der Waals surface area contributed by atoms with Crippen LogP contribution < -0.4 is 5.01 Å². The van der Waals surface area contributed by atoms with Crippen LogP contribution in [-0.2, 0) is 11.2 Å². The fourth-order valence-electron chi connectivity index (χ4n) is 4.92. The maximum Gasteiger partial charge on any atom is 0.289 e. The monoisotopic (exact) mass is 478 g/mol. The maximum absolute atomic E-state index is 13.7. The highest BCUT2D eigenvalue weighted by atomic mass is 16.2. The van der Waals surface area contributed by atoms with Gasteiger partial charge >= 0.3 is 0 Å². The number of aliphatic imine (C=N–C) groups is 1. The molecule has 36 heavy (non-hydrogen) atoms. The van der Waals surface area contributed by atoms with Gasteiger partial charge < -0.3 is 0 Å². The number of fused-ring (bicyclic) bond motifs is 3. The van der Waals surface area contributed by atoms with E-state index in [1.165, 1.54) is 0 Å². The van der Waals surface area contributed by atoms with Gasteiger partial charge in [-0.25, -0.2) is 20.0 Å². The normalized spacial score (nSPS) is 17.7. The van der Waals surface area contributed by atoms with Gasteiger partial charge in [-0.3, -0.25) is 9.20 Å². The molecule has 0 bridgehead atoms. The Morgan fingerprint density at radius 1 is 1.11 bits per heavy atom. The lowest BCUT2D eigenvalue weighted by Crippen LogP contribution is -2.38. The Morgan fingerprint density at radius 3 is 2.50 bits per heavy atom. The summed E-state index contributed by atoms with van der Waals surface area (Å²) in [5.41, 5.74) is 5.95. The second-order valence-corrected chi connectivity index (χ2v) is 9.81. The van der Waals surface area contributed by atoms with Gasteiger partial charge in [0.15, 0.2) is 5.65 Å². The van der Waals surface area contributed by atoms with Gasteiger partial charge in [0.1, 0.15) is 17.6 Å². The van der Waals surface area contributed by atoms with Crippen LogP contribution in [0.5, 0.6) is 0 Å². The number of nitriles is 1. The maximum atomic E-state index is 13.7. The van der Waals surface area contributed by atoms with Gasteiger partial charge in [-0.15, -0.1) is 0 Å². The molecule has 3 heterocycles. The molecule has 0 radical (unpaired) electrons. The molecule has 1 saturated heterocycles. The second kappa shape index (κ2) is 9.21. The first-order valence-electron chi connectivity index (χ1n) is 12.4. The third-order valence-corrected chi connectivity index (χ3v) is 7.09. The average Bonchev–Trinajstić information content (AvgIpc) is 3.34. The Labute approximate surface area is 211 Å². The predicted octanol–water partition coefficient (Wildman–Crippen LogP) is 5.61. The lowest BCUT2D eigenvalue weighted by atomic mass is 9.97. The number of benzene rings is 2. The standard InChI is InChI=1S/C29H30N6O/c1-18(2)15-16-22-19(3)23(17-30)28-31-24-13-9-10-14-25(24)34(28)27(22)32-26-20(4)33(5)35(29(26)36)21-11-7-6-8-12-21/h6-14,18,20H,15-16H2,1-5H3. The number of carbonyl (C=O) groups excluding carboxylic acids is 1. The van der Waals surface area contributed by atoms with Crippen molar-refractivity contribution in [2.24, 2.45) is 10.9 Å². The first kappa shape index (κ1) is 23.7. The zero-order valence-electron chi connectivity index (χ0n) is 21.4. The second-order valence-electron chi connectivity index (χ2n) is 9.81. The molecule has 7 heteroatoms. The third-order valence-electron chi connectivity index (χ3n) is 7.09. The number of carbonyl (C=O) groups is 1. The van der Waals surface area contributed by atoms with E-state index in [9.17, 15) is 10.1 Å². The van der Waals surface area contributed by atoms with Crippen LogP contribution in [0.2, 0.25) is 0 Å². The van der Waals surface area contributed by atoms with Crippen LogP contribution in [0.15, 0.2) is 59.6 Å². The van der Waals surface area contributed by atoms with Gasteiger partial charge in [-0.05, 0) is 68.0 Å². The van der Waals surface area contributed by atoms with Crippen LogP contribution in [0.4, 0.5) is 11.5 Å². The number of hydrazine groups is 1. The fraction of sp³-hybridized carbons (Fsp3) is 0.310. The number of aromatic nitrogens is 2. The van der Waals surface area contributed by atoms with Gasteiger partial charge in [0.2, 0.25) is 0 Å². The minimum absolute atomic E-state index is 0.148. The summed E-state index contributed by atoms with van der Waals surface area (Å²) >= 11 is 0. The number of pyridine rings is 1. The zero-order chi connectivity index (χ0) is 25.6. The van der Waals surface area contributed by atoms with E-state index in [0.29, 0.717) is 28.7 Å². The number of hydrogen-bond acceptors (Lipinski definition) is 5. The molecule has 0 aliphatic carbocycles. The summed E-state index contributed by atoms with van der Waals surface area (Å²) in [7, 11) is 1.91. The van der Waals surface area contributed by atoms with Crippen LogP contribution in [0.1, 0.15) is 43.9 Å². The molecule has 5 rings (SSSR count). The van der Waals surface area contributed by atoms with E-state index in [2.05, 4.69) is 19.9 Å². The lowest BCUT2D eigenvalue weighted by Gasteiger charge is -2.25. The molecular weight excluding hydrogens is 448 g/mol. The Balaban J connectivity index is 1.79. The van der Waals surface area contributed by atoms with E-state index in [-0.39, 0.29) is 11.9 Å². The van der Waals surface area contributed by atoms with Gasteiger partial charge in [0, 0.05) is 7.05 Å². The van der Waals surface area contributed by atoms with E-state index in [4.69, 9.17) is 9.98 Å². The molecule has 1 aliphatic rings. The van der Waals surface area contributed by atoms with E-state index in [1.807, 2.05) is 84.9 Å². The number of rotatable bonds is 5. The van der Waals surface area contributed by atoms with E-state index >= 15 is 0 Å². The largest absolute Gasteiger partial charge is 0.289 e. The summed E-state index contributed by atoms with van der Waals surface area (Å²) in [6, 6.07) is 19.6. The van der Waals surface area contributed by atoms with Crippen LogP contribution in [0.25, 0.3) is 16.7 Å². The van der Waals surface area contributed by atoms with Gasteiger partial charge in [-0.2, -0.15) is 5.26 Å². The molecule has 1 fully saturated rings. The number of amides is 1. The van der Waals surface area contributed by atoms with Crippen molar-refractivity contribution in [1.82, 2.24) is 14.4 Å². The Hall–Kier alpha value is -4.02. The van der Waals surface area contributed by atoms with Gasteiger partial charge in [0.25, 0.3) is 5.91 Å². The number of nitrogens with zero attached hydrogens (tertiary/aromatic N) is 6. The summed E-state index contributed by atoms with van der Waals surface area (Å²) in [6.07, 6.45) is 1.70. The molecule has 182 valence electrons. The number of para-hydroxylation sites is 3. The van der Waals surface area contributed by atoms with Gasteiger partial charge in [0.05, 0.1) is 28.3 Å². The third kappa shape index (κ3) is 3.75. The average molecular weight is 479 g/mol. The highest BCUT2D eigenvalue weighted by Gasteiger charge is 2.40. The summed E-state index contributed by atoms with van der Waals surface area (Å²) < 4.78 is 1.97. The molecule has 2 aromatic heterocycles. The Bertz CT molecular complexity index is 1540. The molecule has 1 atom stereocenters. The molecular formula is C29H30N6O. The molecule has 4 aromatic rings. The topological polar surface area (TPSA) is 77.0 Å². The van der Waals surface area contributed by atoms with Crippen molar-refractivity contribution < 1.29 is 4.79 Å². The number of anilines is 1. The predicted molar refractivity (Wildman–Crippen MR) is 144 cm³/mol. The van der Waals surface area contributed by atoms with Crippen molar-refractivity contribution in [2.45, 2.75) is 46.6 Å². The summed E-state index contributed by atoms with van der Waals surface area (Å²) in [5, 5.41) is 13.7. The fourth-order valence-corrected chi connectivity index (χ4v) is 4.92. The Kier molecular flexibility index (Phi) is 6.07. The van der Waals surface area contributed by atoms with Crippen LogP contribution in [0, 0.1) is 24.2 Å². The molecule has 0 N–H and O–H groups in total. The molecule has 1 unspecified atom stereocenters. The quantitative estimate of drug-likeness (QED) is 0.374. The molecule has 1 aliphatic heterocycles. The molecule has 0 spiro atoms. The van der Waals surface area contributed by atoms with Crippen LogP contribution in [-0.4, -0.2) is 39.1 Å². The summed E-state index contributed by atoms with van der Waals surface area (Å²) in [6.45, 7) is 8.34. The van der Waals surface area contributed by atoms with E-state index in [0.717, 1.165) is 40.7 Å². The first-order valence-corrected chi connectivity index (χ1v) is 12.4. The van der Waals surface area contributed by atoms with Crippen molar-refractivity contribution in [1.29, 1.82) is 5.26 Å². The van der Waals surface area contributed by atoms with Gasteiger partial charge in [-0.1, -0.05) is 44.2 Å². The first-order chi connectivity index (χ1) is 17.3. The lowest BCUT2D eigenvalue weighted by molar-refractivity contribution is -0.113. The minimum Gasteiger partial charge on any atom is -0.275 e. The van der Waals surface area contributed by atoms with E-state index < -0.39 is 0 Å². The minimum atomic E-state index is -0.226. The molecule has 7 nitrogen and oxygen atoms in total.